The van der Waals surface area contributed by atoms with Gasteiger partial charge in [0.05, 0.1) is 12.0 Å². The molecule has 0 atom stereocenters. The van der Waals surface area contributed by atoms with Gasteiger partial charge < -0.3 is 10.3 Å². The molecule has 0 aliphatic heterocycles. The number of halogens is 1. The van der Waals surface area contributed by atoms with Crippen molar-refractivity contribution in [2.45, 2.75) is 25.7 Å². The molecule has 0 aromatic carbocycles. The van der Waals surface area contributed by atoms with Crippen molar-refractivity contribution in [3.8, 4) is 0 Å². The summed E-state index contributed by atoms with van der Waals surface area (Å²) in [6.07, 6.45) is 5.86. The van der Waals surface area contributed by atoms with Crippen LogP contribution in [0.25, 0.3) is 0 Å². The van der Waals surface area contributed by atoms with Crippen molar-refractivity contribution >= 4 is 33.9 Å². The van der Waals surface area contributed by atoms with Crippen molar-refractivity contribution in [1.82, 2.24) is 15.0 Å². The summed E-state index contributed by atoms with van der Waals surface area (Å²) >= 11 is 7.49. The normalized spacial score (nSPS) is 14.3. The van der Waals surface area contributed by atoms with Crippen LogP contribution in [0.3, 0.4) is 0 Å². The zero-order chi connectivity index (χ0) is 12.5. The molecule has 0 amide bonds. The summed E-state index contributed by atoms with van der Waals surface area (Å²) in [6, 6.07) is 0. The molecule has 0 radical (unpaired) electrons. The molecule has 0 saturated heterocycles. The Hall–Kier alpha value is -1.40. The topological polar surface area (TPSA) is 70.7 Å². The van der Waals surface area contributed by atoms with Crippen LogP contribution >= 0.6 is 22.9 Å². The Morgan fingerprint density at radius 1 is 1.39 bits per heavy atom. The fraction of sp³-hybridized carbons (Fsp3) is 0.364. The first kappa shape index (κ1) is 11.7. The molecular weight excluding hydrogens is 272 g/mol. The van der Waals surface area contributed by atoms with E-state index in [9.17, 15) is 4.79 Å². The van der Waals surface area contributed by atoms with E-state index in [1.54, 1.807) is 11.3 Å². The maximum absolute atomic E-state index is 11.3. The van der Waals surface area contributed by atoms with Crippen LogP contribution in [0.5, 0.6) is 0 Å². The van der Waals surface area contributed by atoms with Gasteiger partial charge in [-0.05, 0) is 25.7 Å². The van der Waals surface area contributed by atoms with Crippen molar-refractivity contribution in [3.05, 3.63) is 32.3 Å². The third-order valence-electron chi connectivity index (χ3n) is 2.87. The van der Waals surface area contributed by atoms with Crippen LogP contribution < -0.4 is 10.9 Å². The predicted octanol–water partition coefficient (Wildman–Crippen LogP) is 2.50. The SMILES string of the molecule is O=c1[nH]cnc(Nc2nc3c(s2)CCCC3)c1Cl. The minimum absolute atomic E-state index is 0.0608. The summed E-state index contributed by atoms with van der Waals surface area (Å²) < 4.78 is 0. The average Bonchev–Trinajstić information content (AvgIpc) is 2.77. The Kier molecular flexibility index (Phi) is 3.05. The Bertz CT molecular complexity index is 613. The van der Waals surface area contributed by atoms with Gasteiger partial charge in [-0.3, -0.25) is 4.79 Å². The zero-order valence-corrected chi connectivity index (χ0v) is 11.1. The van der Waals surface area contributed by atoms with Gasteiger partial charge >= 0.3 is 0 Å². The molecule has 2 heterocycles. The fourth-order valence-electron chi connectivity index (χ4n) is 1.98. The minimum atomic E-state index is -0.351. The summed E-state index contributed by atoms with van der Waals surface area (Å²) in [4.78, 5) is 23.6. The molecule has 0 fully saturated rings. The standard InChI is InChI=1S/C11H11ClN4OS/c12-8-9(13-5-14-10(8)17)16-11-15-6-3-1-2-4-7(6)18-11/h5H,1-4H2,(H2,13,14,15,16,17). The number of thiazole rings is 1. The Morgan fingerprint density at radius 3 is 3.06 bits per heavy atom. The van der Waals surface area contributed by atoms with Gasteiger partial charge in [0.2, 0.25) is 0 Å². The number of hydrogen-bond acceptors (Lipinski definition) is 5. The molecule has 7 heteroatoms. The molecule has 0 spiro atoms. The van der Waals surface area contributed by atoms with E-state index in [0.717, 1.165) is 23.7 Å². The van der Waals surface area contributed by atoms with Crippen LogP contribution in [-0.2, 0) is 12.8 Å². The van der Waals surface area contributed by atoms with E-state index in [-0.39, 0.29) is 10.6 Å². The lowest BCUT2D eigenvalue weighted by atomic mass is 10.0. The van der Waals surface area contributed by atoms with Gasteiger partial charge in [-0.1, -0.05) is 11.6 Å². The lowest BCUT2D eigenvalue weighted by molar-refractivity contribution is 0.683. The first-order chi connectivity index (χ1) is 8.74. The molecule has 3 rings (SSSR count). The van der Waals surface area contributed by atoms with Crippen LogP contribution in [0.1, 0.15) is 23.4 Å². The van der Waals surface area contributed by atoms with Crippen molar-refractivity contribution in [1.29, 1.82) is 0 Å². The number of fused-ring (bicyclic) bond motifs is 1. The highest BCUT2D eigenvalue weighted by molar-refractivity contribution is 7.15. The molecule has 0 bridgehead atoms. The number of aromatic amines is 1. The van der Waals surface area contributed by atoms with E-state index in [1.165, 1.54) is 24.0 Å². The molecule has 2 N–H and O–H groups in total. The van der Waals surface area contributed by atoms with Crippen molar-refractivity contribution in [3.63, 3.8) is 0 Å². The highest BCUT2D eigenvalue weighted by Crippen LogP contribution is 2.31. The van der Waals surface area contributed by atoms with E-state index in [0.29, 0.717) is 5.82 Å². The largest absolute Gasteiger partial charge is 0.315 e. The first-order valence-electron chi connectivity index (χ1n) is 5.73. The van der Waals surface area contributed by atoms with Crippen LogP contribution in [0.15, 0.2) is 11.1 Å². The predicted molar refractivity (Wildman–Crippen MR) is 71.9 cm³/mol. The number of nitrogens with one attached hydrogen (secondary N) is 2. The summed E-state index contributed by atoms with van der Waals surface area (Å²) in [6.45, 7) is 0. The maximum Gasteiger partial charge on any atom is 0.271 e. The van der Waals surface area contributed by atoms with Gasteiger partial charge in [0.1, 0.15) is 5.02 Å². The van der Waals surface area contributed by atoms with Gasteiger partial charge in [-0.2, -0.15) is 0 Å². The van der Waals surface area contributed by atoms with Crippen LogP contribution in [-0.4, -0.2) is 15.0 Å². The summed E-state index contributed by atoms with van der Waals surface area (Å²) in [5.41, 5.74) is 0.810. The van der Waals surface area contributed by atoms with Crippen LogP contribution in [0.4, 0.5) is 10.9 Å². The van der Waals surface area contributed by atoms with Crippen LogP contribution in [0, 0.1) is 0 Å². The fourth-order valence-corrected chi connectivity index (χ4v) is 3.18. The van der Waals surface area contributed by atoms with E-state index in [4.69, 9.17) is 11.6 Å². The number of rotatable bonds is 2. The molecule has 0 unspecified atom stereocenters. The molecule has 1 aliphatic carbocycles. The van der Waals surface area contributed by atoms with Gasteiger partial charge in [0.25, 0.3) is 5.56 Å². The van der Waals surface area contributed by atoms with E-state index in [1.807, 2.05) is 0 Å². The first-order valence-corrected chi connectivity index (χ1v) is 6.92. The third kappa shape index (κ3) is 2.13. The van der Waals surface area contributed by atoms with Gasteiger partial charge in [-0.25, -0.2) is 9.97 Å². The van der Waals surface area contributed by atoms with Crippen molar-refractivity contribution in [2.24, 2.45) is 0 Å². The highest BCUT2D eigenvalue weighted by Gasteiger charge is 2.16. The van der Waals surface area contributed by atoms with Crippen molar-refractivity contribution < 1.29 is 0 Å². The van der Waals surface area contributed by atoms with E-state index >= 15 is 0 Å². The Labute approximate surface area is 112 Å². The number of nitrogens with zero attached hydrogens (tertiary/aromatic N) is 2. The number of H-pyrrole nitrogens is 1. The molecule has 94 valence electrons. The number of hydrogen-bond donors (Lipinski definition) is 2. The second-order valence-electron chi connectivity index (χ2n) is 4.12. The molecular formula is C11H11ClN4OS. The van der Waals surface area contributed by atoms with Crippen molar-refractivity contribution in [2.75, 3.05) is 5.32 Å². The van der Waals surface area contributed by atoms with E-state index < -0.39 is 0 Å². The van der Waals surface area contributed by atoms with Gasteiger partial charge in [-0.15, -0.1) is 11.3 Å². The van der Waals surface area contributed by atoms with Crippen LogP contribution in [0.2, 0.25) is 5.02 Å². The second kappa shape index (κ2) is 4.70. The highest BCUT2D eigenvalue weighted by atomic mass is 35.5. The number of aromatic nitrogens is 3. The monoisotopic (exact) mass is 282 g/mol. The molecule has 2 aromatic rings. The Morgan fingerprint density at radius 2 is 2.22 bits per heavy atom. The van der Waals surface area contributed by atoms with Gasteiger partial charge in [0, 0.05) is 4.88 Å². The van der Waals surface area contributed by atoms with E-state index in [2.05, 4.69) is 20.3 Å². The summed E-state index contributed by atoms with van der Waals surface area (Å²) in [7, 11) is 0. The molecule has 1 aliphatic rings. The third-order valence-corrected chi connectivity index (χ3v) is 4.29. The molecule has 0 saturated carbocycles. The smallest absolute Gasteiger partial charge is 0.271 e. The minimum Gasteiger partial charge on any atom is -0.315 e. The lowest BCUT2D eigenvalue weighted by Gasteiger charge is -2.06. The lowest BCUT2D eigenvalue weighted by Crippen LogP contribution is -2.09. The quantitative estimate of drug-likeness (QED) is 0.888. The second-order valence-corrected chi connectivity index (χ2v) is 5.58. The maximum atomic E-state index is 11.3. The number of anilines is 2. The zero-order valence-electron chi connectivity index (χ0n) is 9.49. The molecule has 18 heavy (non-hydrogen) atoms. The molecule has 5 nitrogen and oxygen atoms in total. The van der Waals surface area contributed by atoms with Gasteiger partial charge in [0.15, 0.2) is 10.9 Å². The Balaban J connectivity index is 1.90. The molecule has 2 aromatic heterocycles. The summed E-state index contributed by atoms with van der Waals surface area (Å²) in [5, 5.41) is 3.83. The summed E-state index contributed by atoms with van der Waals surface area (Å²) in [5.74, 6) is 0.353. The average molecular weight is 283 g/mol. The number of aryl methyl sites for hydroxylation is 2.